The highest BCUT2D eigenvalue weighted by atomic mass is 16.3. The van der Waals surface area contributed by atoms with Gasteiger partial charge in [0.2, 0.25) is 0 Å². The van der Waals surface area contributed by atoms with E-state index < -0.39 is 6.10 Å². The maximum absolute atomic E-state index is 10.2. The Morgan fingerprint density at radius 1 is 1.33 bits per heavy atom. The zero-order valence-corrected chi connectivity index (χ0v) is 9.98. The van der Waals surface area contributed by atoms with E-state index in [0.717, 1.165) is 31.6 Å². The lowest BCUT2D eigenvalue weighted by Gasteiger charge is -2.20. The van der Waals surface area contributed by atoms with Gasteiger partial charge in [-0.05, 0) is 12.3 Å². The van der Waals surface area contributed by atoms with Gasteiger partial charge in [-0.25, -0.2) is 4.98 Å². The van der Waals surface area contributed by atoms with Crippen LogP contribution in [0.2, 0.25) is 0 Å². The average molecular weight is 210 g/mol. The third-order valence-corrected chi connectivity index (χ3v) is 2.97. The summed E-state index contributed by atoms with van der Waals surface area (Å²) < 4.78 is 2.06. The molecule has 0 spiro atoms. The minimum absolute atomic E-state index is 0.322. The molecule has 86 valence electrons. The van der Waals surface area contributed by atoms with Crippen LogP contribution in [0, 0.1) is 5.92 Å². The molecule has 0 saturated heterocycles. The lowest BCUT2D eigenvalue weighted by molar-refractivity contribution is 0.0910. The molecule has 0 radical (unpaired) electrons. The zero-order chi connectivity index (χ0) is 11.3. The van der Waals surface area contributed by atoms with Gasteiger partial charge in [-0.15, -0.1) is 0 Å². The zero-order valence-electron chi connectivity index (χ0n) is 9.98. The molecule has 1 unspecified atom stereocenters. The fraction of sp³-hybridized carbons (Fsp3) is 0.750. The first kappa shape index (κ1) is 12.2. The van der Waals surface area contributed by atoms with Crippen LogP contribution >= 0.6 is 0 Å². The minimum Gasteiger partial charge on any atom is -0.385 e. The molecule has 1 aromatic rings. The molecule has 1 N–H and O–H groups in total. The molecule has 1 heterocycles. The summed E-state index contributed by atoms with van der Waals surface area (Å²) in [7, 11) is 0. The SMILES string of the molecule is CCCn1ccnc1C(O)C(CC)CC. The van der Waals surface area contributed by atoms with Gasteiger partial charge in [0.25, 0.3) is 0 Å². The Hall–Kier alpha value is -0.830. The maximum Gasteiger partial charge on any atom is 0.137 e. The topological polar surface area (TPSA) is 38.0 Å². The fourth-order valence-electron chi connectivity index (χ4n) is 1.96. The molecule has 1 rings (SSSR count). The van der Waals surface area contributed by atoms with Crippen LogP contribution in [-0.2, 0) is 6.54 Å². The van der Waals surface area contributed by atoms with Crippen molar-refractivity contribution in [3.63, 3.8) is 0 Å². The standard InChI is InChI=1S/C12H22N2O/c1-4-8-14-9-7-13-12(14)11(15)10(5-2)6-3/h7,9-11,15H,4-6,8H2,1-3H3. The van der Waals surface area contributed by atoms with Gasteiger partial charge in [-0.1, -0.05) is 33.6 Å². The third kappa shape index (κ3) is 2.81. The van der Waals surface area contributed by atoms with Gasteiger partial charge in [-0.3, -0.25) is 0 Å². The number of aliphatic hydroxyl groups excluding tert-OH is 1. The predicted molar refractivity (Wildman–Crippen MR) is 61.5 cm³/mol. The van der Waals surface area contributed by atoms with E-state index in [2.05, 4.69) is 30.3 Å². The van der Waals surface area contributed by atoms with E-state index in [1.165, 1.54) is 0 Å². The molecule has 0 bridgehead atoms. The molecule has 0 amide bonds. The van der Waals surface area contributed by atoms with Crippen LogP contribution in [-0.4, -0.2) is 14.7 Å². The number of hydrogen-bond donors (Lipinski definition) is 1. The quantitative estimate of drug-likeness (QED) is 0.784. The van der Waals surface area contributed by atoms with Gasteiger partial charge in [-0.2, -0.15) is 0 Å². The van der Waals surface area contributed by atoms with E-state index in [1.54, 1.807) is 6.20 Å². The highest BCUT2D eigenvalue weighted by molar-refractivity contribution is 4.98. The summed E-state index contributed by atoms with van der Waals surface area (Å²) in [6, 6.07) is 0. The first-order chi connectivity index (χ1) is 7.24. The molecule has 0 saturated carbocycles. The van der Waals surface area contributed by atoms with Crippen molar-refractivity contribution in [1.29, 1.82) is 0 Å². The monoisotopic (exact) mass is 210 g/mol. The van der Waals surface area contributed by atoms with Crippen molar-refractivity contribution in [3.8, 4) is 0 Å². The van der Waals surface area contributed by atoms with Gasteiger partial charge < -0.3 is 9.67 Å². The molecule has 0 aliphatic rings. The van der Waals surface area contributed by atoms with Gasteiger partial charge in [0, 0.05) is 18.9 Å². The molecular formula is C12H22N2O. The third-order valence-electron chi connectivity index (χ3n) is 2.97. The Balaban J connectivity index is 2.79. The van der Waals surface area contributed by atoms with E-state index in [1.807, 2.05) is 6.20 Å². The molecule has 0 fully saturated rings. The summed E-state index contributed by atoms with van der Waals surface area (Å²) in [6.07, 6.45) is 6.37. The Morgan fingerprint density at radius 2 is 2.00 bits per heavy atom. The van der Waals surface area contributed by atoms with E-state index in [9.17, 15) is 5.11 Å². The molecule has 0 aliphatic heterocycles. The van der Waals surface area contributed by atoms with Crippen molar-refractivity contribution in [3.05, 3.63) is 18.2 Å². The predicted octanol–water partition coefficient (Wildman–Crippen LogP) is 2.76. The Bertz CT molecular complexity index is 279. The number of aliphatic hydroxyl groups is 1. The smallest absolute Gasteiger partial charge is 0.137 e. The van der Waals surface area contributed by atoms with E-state index in [0.29, 0.717) is 5.92 Å². The van der Waals surface area contributed by atoms with Crippen molar-refractivity contribution >= 4 is 0 Å². The number of rotatable bonds is 6. The average Bonchev–Trinajstić information content (AvgIpc) is 2.68. The second-order valence-electron chi connectivity index (χ2n) is 4.00. The highest BCUT2D eigenvalue weighted by Crippen LogP contribution is 2.25. The number of aromatic nitrogens is 2. The lowest BCUT2D eigenvalue weighted by Crippen LogP contribution is -2.16. The number of nitrogens with zero attached hydrogens (tertiary/aromatic N) is 2. The highest BCUT2D eigenvalue weighted by Gasteiger charge is 2.21. The second-order valence-corrected chi connectivity index (χ2v) is 4.00. The summed E-state index contributed by atoms with van der Waals surface area (Å²) in [6.45, 7) is 7.30. The first-order valence-corrected chi connectivity index (χ1v) is 5.93. The summed E-state index contributed by atoms with van der Waals surface area (Å²) >= 11 is 0. The Morgan fingerprint density at radius 3 is 2.53 bits per heavy atom. The van der Waals surface area contributed by atoms with Crippen LogP contribution in [0.15, 0.2) is 12.4 Å². The minimum atomic E-state index is -0.415. The summed E-state index contributed by atoms with van der Waals surface area (Å²) in [5.74, 6) is 1.15. The van der Waals surface area contributed by atoms with Crippen LogP contribution < -0.4 is 0 Å². The molecule has 3 heteroatoms. The van der Waals surface area contributed by atoms with Crippen LogP contribution in [0.25, 0.3) is 0 Å². The van der Waals surface area contributed by atoms with Crippen LogP contribution in [0.4, 0.5) is 0 Å². The molecule has 0 aliphatic carbocycles. The number of hydrogen-bond acceptors (Lipinski definition) is 2. The fourth-order valence-corrected chi connectivity index (χ4v) is 1.96. The Labute approximate surface area is 92.1 Å². The van der Waals surface area contributed by atoms with Crippen LogP contribution in [0.1, 0.15) is 52.0 Å². The van der Waals surface area contributed by atoms with E-state index >= 15 is 0 Å². The summed E-state index contributed by atoms with van der Waals surface area (Å²) in [5.41, 5.74) is 0. The van der Waals surface area contributed by atoms with Crippen molar-refractivity contribution in [2.75, 3.05) is 0 Å². The molecule has 3 nitrogen and oxygen atoms in total. The second kappa shape index (κ2) is 5.91. The van der Waals surface area contributed by atoms with Gasteiger partial charge in [0.1, 0.15) is 11.9 Å². The van der Waals surface area contributed by atoms with Crippen LogP contribution in [0.5, 0.6) is 0 Å². The first-order valence-electron chi connectivity index (χ1n) is 5.93. The molecular weight excluding hydrogens is 188 g/mol. The normalized spacial score (nSPS) is 13.4. The lowest BCUT2D eigenvalue weighted by atomic mass is 9.96. The molecule has 0 aromatic carbocycles. The maximum atomic E-state index is 10.2. The molecule has 1 atom stereocenters. The van der Waals surface area contributed by atoms with Crippen LogP contribution in [0.3, 0.4) is 0 Å². The summed E-state index contributed by atoms with van der Waals surface area (Å²) in [4.78, 5) is 4.26. The van der Waals surface area contributed by atoms with E-state index in [4.69, 9.17) is 0 Å². The van der Waals surface area contributed by atoms with Crippen molar-refractivity contribution < 1.29 is 5.11 Å². The van der Waals surface area contributed by atoms with Crippen molar-refractivity contribution in [1.82, 2.24) is 9.55 Å². The van der Waals surface area contributed by atoms with Crippen molar-refractivity contribution in [2.24, 2.45) is 5.92 Å². The van der Waals surface area contributed by atoms with E-state index in [-0.39, 0.29) is 0 Å². The van der Waals surface area contributed by atoms with Crippen molar-refractivity contribution in [2.45, 2.75) is 52.7 Å². The van der Waals surface area contributed by atoms with Gasteiger partial charge in [0.15, 0.2) is 0 Å². The Kier molecular flexibility index (Phi) is 4.82. The number of aryl methyl sites for hydroxylation is 1. The molecule has 15 heavy (non-hydrogen) atoms. The number of imidazole rings is 1. The summed E-state index contributed by atoms with van der Waals surface area (Å²) in [5, 5.41) is 10.2. The largest absolute Gasteiger partial charge is 0.385 e. The molecule has 1 aromatic heterocycles. The van der Waals surface area contributed by atoms with Gasteiger partial charge >= 0.3 is 0 Å². The van der Waals surface area contributed by atoms with Gasteiger partial charge in [0.05, 0.1) is 0 Å².